The van der Waals surface area contributed by atoms with E-state index in [4.69, 9.17) is 10.7 Å². The van der Waals surface area contributed by atoms with Crippen molar-refractivity contribution < 1.29 is 9.59 Å². The van der Waals surface area contributed by atoms with Crippen LogP contribution >= 0.6 is 0 Å². The Balaban J connectivity index is 1.09. The zero-order valence-corrected chi connectivity index (χ0v) is 27.1. The molecular formula is C37H44N8O2. The quantitative estimate of drug-likeness (QED) is 0.146. The molecule has 1 aromatic heterocycles. The van der Waals surface area contributed by atoms with Gasteiger partial charge in [0.25, 0.3) is 5.91 Å². The van der Waals surface area contributed by atoms with Crippen LogP contribution in [0.15, 0.2) is 83.5 Å². The van der Waals surface area contributed by atoms with Gasteiger partial charge in [-0.15, -0.1) is 0 Å². The van der Waals surface area contributed by atoms with Gasteiger partial charge in [-0.05, 0) is 94.9 Å². The van der Waals surface area contributed by atoms with E-state index in [1.54, 1.807) is 25.3 Å². The van der Waals surface area contributed by atoms with Crippen LogP contribution in [0.1, 0.15) is 73.0 Å². The molecule has 6 rings (SSSR count). The van der Waals surface area contributed by atoms with Crippen molar-refractivity contribution >= 4 is 41.6 Å². The second-order valence-electron chi connectivity index (χ2n) is 12.8. The molecule has 1 atom stereocenters. The summed E-state index contributed by atoms with van der Waals surface area (Å²) in [4.78, 5) is 43.4. The minimum absolute atomic E-state index is 0.0765. The van der Waals surface area contributed by atoms with Crippen LogP contribution in [-0.4, -0.2) is 71.7 Å². The molecule has 10 heteroatoms. The molecule has 244 valence electrons. The Morgan fingerprint density at radius 3 is 2.40 bits per heavy atom. The first-order valence-electron chi connectivity index (χ1n) is 16.6. The van der Waals surface area contributed by atoms with Gasteiger partial charge in [-0.2, -0.15) is 0 Å². The average molecular weight is 633 g/mol. The van der Waals surface area contributed by atoms with E-state index in [9.17, 15) is 9.59 Å². The normalized spacial score (nSPS) is 19.7. The lowest BCUT2D eigenvalue weighted by molar-refractivity contribution is -0.118. The van der Waals surface area contributed by atoms with E-state index in [0.717, 1.165) is 36.7 Å². The highest BCUT2D eigenvalue weighted by Crippen LogP contribution is 2.35. The van der Waals surface area contributed by atoms with Crippen LogP contribution in [0.4, 0.5) is 17.3 Å². The number of rotatable bonds is 11. The number of benzene rings is 2. The van der Waals surface area contributed by atoms with Gasteiger partial charge in [0.15, 0.2) is 11.5 Å². The third-order valence-electron chi connectivity index (χ3n) is 9.40. The number of aromatic nitrogens is 2. The summed E-state index contributed by atoms with van der Waals surface area (Å²) in [5.41, 5.74) is 10.1. The molecule has 47 heavy (non-hydrogen) atoms. The molecule has 2 aromatic carbocycles. The van der Waals surface area contributed by atoms with Crippen molar-refractivity contribution in [2.75, 3.05) is 36.4 Å². The van der Waals surface area contributed by atoms with Crippen molar-refractivity contribution in [3.8, 4) is 0 Å². The third-order valence-corrected chi connectivity index (χ3v) is 9.40. The lowest BCUT2D eigenvalue weighted by Crippen LogP contribution is -2.48. The Morgan fingerprint density at radius 2 is 1.72 bits per heavy atom. The molecule has 0 unspecified atom stereocenters. The van der Waals surface area contributed by atoms with Crippen molar-refractivity contribution in [3.63, 3.8) is 0 Å². The van der Waals surface area contributed by atoms with Crippen molar-refractivity contribution in [1.29, 1.82) is 0 Å². The number of allylic oxidation sites excluding steroid dienone is 2. The molecule has 0 radical (unpaired) electrons. The highest BCUT2D eigenvalue weighted by Gasteiger charge is 2.32. The number of likely N-dealkylation sites (tertiary alicyclic amines) is 1. The summed E-state index contributed by atoms with van der Waals surface area (Å²) < 4.78 is 0. The van der Waals surface area contributed by atoms with Crippen LogP contribution in [0.5, 0.6) is 0 Å². The van der Waals surface area contributed by atoms with Gasteiger partial charge >= 0.3 is 0 Å². The van der Waals surface area contributed by atoms with E-state index in [0.29, 0.717) is 35.4 Å². The van der Waals surface area contributed by atoms with Crippen LogP contribution in [0.25, 0.3) is 5.70 Å². The smallest absolute Gasteiger partial charge is 0.271 e. The van der Waals surface area contributed by atoms with Crippen LogP contribution in [0.3, 0.4) is 0 Å². The van der Waals surface area contributed by atoms with Gasteiger partial charge < -0.3 is 26.2 Å². The van der Waals surface area contributed by atoms with Crippen LogP contribution in [0, 0.1) is 0 Å². The minimum Gasteiger partial charge on any atom is -0.364 e. The first-order chi connectivity index (χ1) is 22.9. The zero-order chi connectivity index (χ0) is 32.8. The lowest BCUT2D eigenvalue weighted by atomic mass is 9.89. The number of nitrogens with two attached hydrogens (primary N) is 1. The second-order valence-corrected chi connectivity index (χ2v) is 12.8. The Bertz CT molecular complexity index is 1640. The largest absolute Gasteiger partial charge is 0.364 e. The topological polar surface area (TPSA) is 129 Å². The zero-order valence-electron chi connectivity index (χ0n) is 27.1. The van der Waals surface area contributed by atoms with E-state index < -0.39 is 5.91 Å². The number of piperidine rings is 2. The minimum atomic E-state index is -0.646. The fraction of sp³-hybridized carbons (Fsp3) is 0.378. The molecule has 10 nitrogen and oxygen atoms in total. The first-order valence-corrected chi connectivity index (χ1v) is 16.6. The fourth-order valence-corrected chi connectivity index (χ4v) is 6.54. The molecule has 1 saturated carbocycles. The Morgan fingerprint density at radius 1 is 0.979 bits per heavy atom. The second kappa shape index (κ2) is 14.7. The maximum absolute atomic E-state index is 13.1. The number of carbonyl (C=O) groups excluding carboxylic acids is 2. The molecule has 2 aliphatic heterocycles. The number of hydrogen-bond acceptors (Lipinski definition) is 8. The van der Waals surface area contributed by atoms with Crippen molar-refractivity contribution in [2.45, 2.75) is 63.5 Å². The molecule has 0 bridgehead atoms. The number of amides is 2. The average Bonchev–Trinajstić information content (AvgIpc) is 3.95. The number of anilines is 3. The fourth-order valence-electron chi connectivity index (χ4n) is 6.54. The third kappa shape index (κ3) is 8.13. The van der Waals surface area contributed by atoms with Crippen LogP contribution in [0.2, 0.25) is 0 Å². The monoisotopic (exact) mass is 632 g/mol. The van der Waals surface area contributed by atoms with Crippen LogP contribution in [-0.2, 0) is 4.79 Å². The molecule has 1 aliphatic carbocycles. The summed E-state index contributed by atoms with van der Waals surface area (Å²) >= 11 is 0. The molecule has 3 fully saturated rings. The van der Waals surface area contributed by atoms with Gasteiger partial charge in [0, 0.05) is 42.0 Å². The number of primary amides is 1. The number of nitrogens with one attached hydrogen (secondary N) is 2. The van der Waals surface area contributed by atoms with Crippen molar-refractivity contribution in [3.05, 3.63) is 95.3 Å². The predicted molar refractivity (Wildman–Crippen MR) is 188 cm³/mol. The van der Waals surface area contributed by atoms with Gasteiger partial charge in [0.2, 0.25) is 5.91 Å². The molecule has 2 amide bonds. The molecule has 4 N–H and O–H groups in total. The van der Waals surface area contributed by atoms with E-state index in [1.165, 1.54) is 44.3 Å². The van der Waals surface area contributed by atoms with Crippen molar-refractivity contribution in [1.82, 2.24) is 20.2 Å². The van der Waals surface area contributed by atoms with Gasteiger partial charge in [-0.25, -0.2) is 9.97 Å². The maximum atomic E-state index is 13.1. The Hall–Kier alpha value is -4.83. The van der Waals surface area contributed by atoms with E-state index >= 15 is 0 Å². The summed E-state index contributed by atoms with van der Waals surface area (Å²) in [7, 11) is 0. The number of nitrogens with zero attached hydrogens (tertiary/aromatic N) is 5. The molecular weight excluding hydrogens is 588 g/mol. The van der Waals surface area contributed by atoms with Crippen LogP contribution < -0.4 is 21.3 Å². The predicted octanol–water partition coefficient (Wildman–Crippen LogP) is 5.43. The molecule has 3 aliphatic rings. The van der Waals surface area contributed by atoms with Gasteiger partial charge in [-0.3, -0.25) is 14.6 Å². The summed E-state index contributed by atoms with van der Waals surface area (Å²) in [6, 6.07) is 18.9. The summed E-state index contributed by atoms with van der Waals surface area (Å²) in [6.45, 7) is 9.13. The van der Waals surface area contributed by atoms with Crippen molar-refractivity contribution in [2.24, 2.45) is 10.7 Å². The number of aliphatic imine (C=N–C) groups is 1. The molecule has 3 aromatic rings. The number of carbonyl (C=O) groups is 2. The maximum Gasteiger partial charge on any atom is 0.271 e. The molecule has 0 spiro atoms. The van der Waals surface area contributed by atoms with E-state index in [-0.39, 0.29) is 17.6 Å². The summed E-state index contributed by atoms with van der Waals surface area (Å²) in [5, 5.41) is 6.45. The standard InChI is InChI=1S/C37H44N8O2/c1-25(10-17-32(39-2)28-7-4-3-5-8-28)37(47)42-30-9-6-20-45(24-30)33-23-40-34(35(38)46)36(43-33)41-29-13-11-26(12-14-29)27-18-21-44(22-19-27)31-15-16-31/h3-5,7-8,10-14,17,23,27,30-31H,2,6,9,15-16,18-22,24H2,1H3,(H2,38,46)(H,41,43)(H,42,47)/b25-10+,32-17-/t30-/m1/s1. The highest BCUT2D eigenvalue weighted by atomic mass is 16.2. The Kier molecular flexibility index (Phi) is 10.1. The SMILES string of the molecule is C=N/C(=C\C=C(/C)C(=O)N[C@@H]1CCCN(c2cnc(C(N)=O)c(Nc3ccc(C4CCN(C5CC5)CC4)cc3)n2)C1)c1ccccc1. The lowest BCUT2D eigenvalue weighted by Gasteiger charge is -2.34. The molecule has 3 heterocycles. The van der Waals surface area contributed by atoms with Gasteiger partial charge in [0.05, 0.1) is 11.9 Å². The molecule has 2 saturated heterocycles. The van der Waals surface area contributed by atoms with E-state index in [1.807, 2.05) is 42.5 Å². The van der Waals surface area contributed by atoms with E-state index in [2.05, 4.69) is 49.3 Å². The summed E-state index contributed by atoms with van der Waals surface area (Å²) in [5.74, 6) is 0.729. The highest BCUT2D eigenvalue weighted by molar-refractivity contribution is 5.96. The number of hydrogen-bond donors (Lipinski definition) is 3. The van der Waals surface area contributed by atoms with Gasteiger partial charge in [0.1, 0.15) is 5.82 Å². The Labute approximate surface area is 276 Å². The summed E-state index contributed by atoms with van der Waals surface area (Å²) in [6.07, 6.45) is 12.0. The first kappa shape index (κ1) is 32.1. The van der Waals surface area contributed by atoms with Gasteiger partial charge in [-0.1, -0.05) is 48.5 Å².